The van der Waals surface area contributed by atoms with E-state index in [0.29, 0.717) is 0 Å². The van der Waals surface area contributed by atoms with Crippen LogP contribution in [0, 0.1) is 19.7 Å². The number of hydrogen-bond donors (Lipinski definition) is 1. The Morgan fingerprint density at radius 2 is 1.96 bits per heavy atom. The minimum Gasteiger partial charge on any atom is -0.494 e. The summed E-state index contributed by atoms with van der Waals surface area (Å²) < 4.78 is 18.6. The second kappa shape index (κ2) is 7.27. The predicted octanol–water partition coefficient (Wildman–Crippen LogP) is 4.33. The lowest BCUT2D eigenvalue weighted by Gasteiger charge is -2.20. The van der Waals surface area contributed by atoms with Crippen molar-refractivity contribution in [1.82, 2.24) is 5.32 Å². The molecule has 2 aromatic rings. The van der Waals surface area contributed by atoms with E-state index in [1.165, 1.54) is 24.8 Å². The first-order valence-electron chi connectivity index (χ1n) is 7.67. The van der Waals surface area contributed by atoms with Gasteiger partial charge < -0.3 is 10.1 Å². The molecule has 0 aliphatic heterocycles. The van der Waals surface area contributed by atoms with Crippen molar-refractivity contribution in [3.05, 3.63) is 64.5 Å². The van der Waals surface area contributed by atoms with Crippen molar-refractivity contribution in [1.29, 1.82) is 0 Å². The van der Waals surface area contributed by atoms with Crippen LogP contribution in [0.15, 0.2) is 36.4 Å². The molecule has 0 bridgehead atoms. The largest absolute Gasteiger partial charge is 0.494 e. The highest BCUT2D eigenvalue weighted by Gasteiger charge is 2.17. The third-order valence-electron chi connectivity index (χ3n) is 3.93. The van der Waals surface area contributed by atoms with Gasteiger partial charge in [0.25, 0.3) is 5.91 Å². The number of rotatable bonds is 5. The van der Waals surface area contributed by atoms with Gasteiger partial charge in [0, 0.05) is 5.56 Å². The third-order valence-corrected chi connectivity index (χ3v) is 3.93. The van der Waals surface area contributed by atoms with Gasteiger partial charge in [0.1, 0.15) is 0 Å². The van der Waals surface area contributed by atoms with Crippen LogP contribution in [0.3, 0.4) is 0 Å². The highest BCUT2D eigenvalue weighted by atomic mass is 19.1. The zero-order valence-corrected chi connectivity index (χ0v) is 13.9. The van der Waals surface area contributed by atoms with Crippen molar-refractivity contribution in [2.24, 2.45) is 0 Å². The summed E-state index contributed by atoms with van der Waals surface area (Å²) in [6.07, 6.45) is 0.758. The molecule has 0 heterocycles. The van der Waals surface area contributed by atoms with Gasteiger partial charge >= 0.3 is 0 Å². The molecule has 1 amide bonds. The number of carbonyl (C=O) groups is 1. The second-order valence-corrected chi connectivity index (χ2v) is 5.64. The van der Waals surface area contributed by atoms with Crippen LogP contribution in [-0.2, 0) is 0 Å². The fraction of sp³-hybridized carbons (Fsp3) is 0.316. The fourth-order valence-electron chi connectivity index (χ4n) is 2.67. The van der Waals surface area contributed by atoms with Crippen LogP contribution in [0.2, 0.25) is 0 Å². The van der Waals surface area contributed by atoms with E-state index < -0.39 is 5.82 Å². The lowest BCUT2D eigenvalue weighted by molar-refractivity contribution is 0.0935. The summed E-state index contributed by atoms with van der Waals surface area (Å²) in [6, 6.07) is 10.3. The smallest absolute Gasteiger partial charge is 0.251 e. The number of ether oxygens (including phenoxy) is 1. The molecule has 0 aliphatic carbocycles. The number of benzene rings is 2. The van der Waals surface area contributed by atoms with Gasteiger partial charge in [0.2, 0.25) is 0 Å². The van der Waals surface area contributed by atoms with Gasteiger partial charge in [-0.25, -0.2) is 4.39 Å². The minimum atomic E-state index is -0.542. The van der Waals surface area contributed by atoms with E-state index >= 15 is 0 Å². The highest BCUT2D eigenvalue weighted by molar-refractivity contribution is 5.94. The molecule has 3 nitrogen and oxygen atoms in total. The molecule has 1 N–H and O–H groups in total. The Labute approximate surface area is 136 Å². The van der Waals surface area contributed by atoms with Gasteiger partial charge in [-0.15, -0.1) is 0 Å². The predicted molar refractivity (Wildman–Crippen MR) is 89.4 cm³/mol. The number of methoxy groups -OCH3 is 1. The summed E-state index contributed by atoms with van der Waals surface area (Å²) in [5, 5.41) is 2.98. The molecule has 0 spiro atoms. The molecule has 23 heavy (non-hydrogen) atoms. The zero-order valence-electron chi connectivity index (χ0n) is 13.9. The van der Waals surface area contributed by atoms with Crippen LogP contribution in [0.1, 0.15) is 46.4 Å². The van der Waals surface area contributed by atoms with Crippen LogP contribution >= 0.6 is 0 Å². The number of aryl methyl sites for hydroxylation is 2. The van der Waals surface area contributed by atoms with Crippen molar-refractivity contribution in [3.63, 3.8) is 0 Å². The standard InChI is InChI=1S/C19H22FNO2/c1-5-17(15-8-6-12(2)10-13(15)3)21-19(22)14-7-9-18(23-4)16(20)11-14/h6-11,17H,5H2,1-4H3,(H,21,22)/t17-/m1/s1. The number of amides is 1. The first-order chi connectivity index (χ1) is 11.0. The van der Waals surface area contributed by atoms with E-state index in [9.17, 15) is 9.18 Å². The number of carbonyl (C=O) groups excluding carboxylic acids is 1. The number of halogens is 1. The summed E-state index contributed by atoms with van der Waals surface area (Å²) in [5.74, 6) is -0.707. The average Bonchev–Trinajstić information content (AvgIpc) is 2.52. The van der Waals surface area contributed by atoms with Crippen LogP contribution in [0.4, 0.5) is 4.39 Å². The first-order valence-corrected chi connectivity index (χ1v) is 7.67. The molecule has 0 fully saturated rings. The van der Waals surface area contributed by atoms with Crippen molar-refractivity contribution >= 4 is 5.91 Å². The van der Waals surface area contributed by atoms with Gasteiger partial charge in [-0.3, -0.25) is 4.79 Å². The Kier molecular flexibility index (Phi) is 5.37. The molecule has 0 aromatic heterocycles. The fourth-order valence-corrected chi connectivity index (χ4v) is 2.67. The Hall–Kier alpha value is -2.36. The Balaban J connectivity index is 2.21. The number of hydrogen-bond acceptors (Lipinski definition) is 2. The maximum Gasteiger partial charge on any atom is 0.251 e. The molecule has 4 heteroatoms. The zero-order chi connectivity index (χ0) is 17.0. The van der Waals surface area contributed by atoms with E-state index in [0.717, 1.165) is 17.5 Å². The molecule has 0 aliphatic rings. The maximum absolute atomic E-state index is 13.8. The van der Waals surface area contributed by atoms with Crippen molar-refractivity contribution in [2.45, 2.75) is 33.2 Å². The van der Waals surface area contributed by atoms with Crippen molar-refractivity contribution < 1.29 is 13.9 Å². The molecule has 2 aromatic carbocycles. The van der Waals surface area contributed by atoms with Crippen LogP contribution in [0.5, 0.6) is 5.75 Å². The molecule has 0 saturated heterocycles. The Morgan fingerprint density at radius 1 is 1.22 bits per heavy atom. The van der Waals surface area contributed by atoms with Crippen LogP contribution in [0.25, 0.3) is 0 Å². The minimum absolute atomic E-state index is 0.103. The van der Waals surface area contributed by atoms with Crippen molar-refractivity contribution in [2.75, 3.05) is 7.11 Å². The molecular formula is C19H22FNO2. The van der Waals surface area contributed by atoms with Gasteiger partial charge in [0.05, 0.1) is 13.2 Å². The first kappa shape index (κ1) is 17.0. The SMILES string of the molecule is CC[C@@H](NC(=O)c1ccc(OC)c(F)c1)c1ccc(C)cc1C. The topological polar surface area (TPSA) is 38.3 Å². The summed E-state index contributed by atoms with van der Waals surface area (Å²) in [4.78, 5) is 12.4. The maximum atomic E-state index is 13.8. The van der Waals surface area contributed by atoms with E-state index in [-0.39, 0.29) is 23.3 Å². The quantitative estimate of drug-likeness (QED) is 0.891. The number of nitrogens with one attached hydrogen (secondary N) is 1. The summed E-state index contributed by atoms with van der Waals surface area (Å²) >= 11 is 0. The van der Waals surface area contributed by atoms with E-state index in [2.05, 4.69) is 11.4 Å². The van der Waals surface area contributed by atoms with Gasteiger partial charge in [0.15, 0.2) is 11.6 Å². The van der Waals surface area contributed by atoms with Crippen LogP contribution < -0.4 is 10.1 Å². The molecular weight excluding hydrogens is 293 g/mol. The van der Waals surface area contributed by atoms with E-state index in [1.54, 1.807) is 6.07 Å². The normalized spacial score (nSPS) is 11.9. The average molecular weight is 315 g/mol. The van der Waals surface area contributed by atoms with Crippen LogP contribution in [-0.4, -0.2) is 13.0 Å². The van der Waals surface area contributed by atoms with Gasteiger partial charge in [-0.05, 0) is 49.6 Å². The molecule has 2 rings (SSSR count). The van der Waals surface area contributed by atoms with Gasteiger partial charge in [-0.2, -0.15) is 0 Å². The molecule has 0 radical (unpaired) electrons. The Morgan fingerprint density at radius 3 is 2.52 bits per heavy atom. The van der Waals surface area contributed by atoms with Gasteiger partial charge in [-0.1, -0.05) is 30.7 Å². The summed E-state index contributed by atoms with van der Waals surface area (Å²) in [7, 11) is 1.39. The van der Waals surface area contributed by atoms with Crippen molar-refractivity contribution in [3.8, 4) is 5.75 Å². The van der Waals surface area contributed by atoms with E-state index in [1.807, 2.05) is 32.9 Å². The monoisotopic (exact) mass is 315 g/mol. The summed E-state index contributed by atoms with van der Waals surface area (Å²) in [5.41, 5.74) is 3.69. The molecule has 0 saturated carbocycles. The summed E-state index contributed by atoms with van der Waals surface area (Å²) in [6.45, 7) is 6.08. The molecule has 1 atom stereocenters. The molecule has 0 unspecified atom stereocenters. The lowest BCUT2D eigenvalue weighted by Crippen LogP contribution is -2.28. The lowest BCUT2D eigenvalue weighted by atomic mass is 9.97. The van der Waals surface area contributed by atoms with E-state index in [4.69, 9.17) is 4.74 Å². The second-order valence-electron chi connectivity index (χ2n) is 5.64. The third kappa shape index (κ3) is 3.89. The Bertz CT molecular complexity index is 713. The molecule has 122 valence electrons. The highest BCUT2D eigenvalue weighted by Crippen LogP contribution is 2.23.